The topological polar surface area (TPSA) is 84.8 Å². The Morgan fingerprint density at radius 3 is 2.84 bits per heavy atom. The first-order valence-electron chi connectivity index (χ1n) is 8.23. The lowest BCUT2D eigenvalue weighted by Gasteiger charge is -2.38. The Morgan fingerprint density at radius 2 is 2.12 bits per heavy atom. The van der Waals surface area contributed by atoms with Gasteiger partial charge in [0.15, 0.2) is 5.82 Å². The lowest BCUT2D eigenvalue weighted by atomic mass is 9.86. The monoisotopic (exact) mass is 357 g/mol. The van der Waals surface area contributed by atoms with Gasteiger partial charge in [0.1, 0.15) is 0 Å². The molecule has 1 saturated heterocycles. The van der Waals surface area contributed by atoms with E-state index in [0.29, 0.717) is 31.4 Å². The molecule has 1 amide bonds. The highest BCUT2D eigenvalue weighted by atomic mass is 32.1. The quantitative estimate of drug-likeness (QED) is 0.735. The van der Waals surface area contributed by atoms with Crippen LogP contribution in [0, 0.1) is 0 Å². The van der Waals surface area contributed by atoms with Crippen LogP contribution in [0.4, 0.5) is 5.95 Å². The van der Waals surface area contributed by atoms with Crippen LogP contribution in [-0.4, -0.2) is 38.9 Å². The highest BCUT2D eigenvalue weighted by Crippen LogP contribution is 2.33. The van der Waals surface area contributed by atoms with Gasteiger partial charge < -0.3 is 9.30 Å². The molecule has 4 rings (SSSR count). The molecule has 3 aromatic heterocycles. The number of carbonyl (C=O) groups is 1. The average Bonchev–Trinajstić information content (AvgIpc) is 3.37. The van der Waals surface area contributed by atoms with Gasteiger partial charge in [0.05, 0.1) is 16.8 Å². The molecular formula is C17H19N5O2S. The predicted octanol–water partition coefficient (Wildman–Crippen LogP) is 2.87. The van der Waals surface area contributed by atoms with Gasteiger partial charge in [-0.1, -0.05) is 6.07 Å². The van der Waals surface area contributed by atoms with Crippen LogP contribution in [0.1, 0.15) is 19.3 Å². The minimum Gasteiger partial charge on any atom is -0.381 e. The molecule has 0 aromatic carbocycles. The van der Waals surface area contributed by atoms with Gasteiger partial charge in [-0.3, -0.25) is 15.2 Å². The molecule has 8 heteroatoms. The number of hydrogen-bond acceptors (Lipinski definition) is 5. The van der Waals surface area contributed by atoms with E-state index in [1.54, 1.807) is 11.3 Å². The van der Waals surface area contributed by atoms with Crippen molar-refractivity contribution >= 4 is 23.2 Å². The Morgan fingerprint density at radius 1 is 1.32 bits per heavy atom. The standard InChI is InChI=1S/C17H19N5O2S/c23-14(18-16-19-15(20-21-16)13-4-3-11-25-13)12-17(5-9-24-10-6-17)22-7-1-2-8-22/h1-4,7-8,11H,5-6,9-10,12H2,(H2,18,19,20,21,23). The van der Waals surface area contributed by atoms with Gasteiger partial charge in [0.25, 0.3) is 0 Å². The van der Waals surface area contributed by atoms with E-state index in [1.807, 2.05) is 42.0 Å². The third kappa shape index (κ3) is 3.35. The fourth-order valence-corrected chi connectivity index (χ4v) is 3.90. The van der Waals surface area contributed by atoms with Crippen LogP contribution < -0.4 is 5.32 Å². The second kappa shape index (κ2) is 6.81. The van der Waals surface area contributed by atoms with Crippen molar-refractivity contribution in [2.45, 2.75) is 24.8 Å². The van der Waals surface area contributed by atoms with Gasteiger partial charge >= 0.3 is 0 Å². The van der Waals surface area contributed by atoms with Crippen molar-refractivity contribution in [3.05, 3.63) is 42.0 Å². The predicted molar refractivity (Wildman–Crippen MR) is 95.4 cm³/mol. The number of thiophene rings is 1. The van der Waals surface area contributed by atoms with E-state index in [2.05, 4.69) is 25.1 Å². The largest absolute Gasteiger partial charge is 0.381 e. The van der Waals surface area contributed by atoms with Gasteiger partial charge in [-0.2, -0.15) is 4.98 Å². The van der Waals surface area contributed by atoms with Gasteiger partial charge in [-0.05, 0) is 36.4 Å². The van der Waals surface area contributed by atoms with Crippen LogP contribution in [0.5, 0.6) is 0 Å². The molecule has 4 heterocycles. The number of H-pyrrole nitrogens is 1. The normalized spacial score (nSPS) is 16.6. The summed E-state index contributed by atoms with van der Waals surface area (Å²) >= 11 is 1.57. The lowest BCUT2D eigenvalue weighted by molar-refractivity contribution is -0.119. The number of anilines is 1. The molecule has 130 valence electrons. The molecular weight excluding hydrogens is 338 g/mol. The molecule has 1 fully saturated rings. The Hall–Kier alpha value is -2.45. The van der Waals surface area contributed by atoms with Crippen LogP contribution >= 0.6 is 11.3 Å². The maximum absolute atomic E-state index is 12.6. The van der Waals surface area contributed by atoms with Crippen LogP contribution in [0.25, 0.3) is 10.7 Å². The molecule has 1 aliphatic heterocycles. The molecule has 0 unspecified atom stereocenters. The second-order valence-electron chi connectivity index (χ2n) is 6.14. The first kappa shape index (κ1) is 16.0. The summed E-state index contributed by atoms with van der Waals surface area (Å²) in [6.07, 6.45) is 6.02. The number of carbonyl (C=O) groups excluding carboxylic acids is 1. The zero-order valence-corrected chi connectivity index (χ0v) is 14.5. The van der Waals surface area contributed by atoms with Crippen molar-refractivity contribution in [3.8, 4) is 10.7 Å². The number of aromatic amines is 1. The Kier molecular flexibility index (Phi) is 4.37. The number of nitrogens with one attached hydrogen (secondary N) is 2. The maximum Gasteiger partial charge on any atom is 0.249 e. The van der Waals surface area contributed by atoms with E-state index in [1.165, 1.54) is 0 Å². The van der Waals surface area contributed by atoms with Gasteiger partial charge in [-0.15, -0.1) is 16.4 Å². The van der Waals surface area contributed by atoms with Gasteiger partial charge in [-0.25, -0.2) is 0 Å². The highest BCUT2D eigenvalue weighted by Gasteiger charge is 2.36. The minimum atomic E-state index is -0.251. The summed E-state index contributed by atoms with van der Waals surface area (Å²) in [6, 6.07) is 7.88. The summed E-state index contributed by atoms with van der Waals surface area (Å²) in [4.78, 5) is 18.0. The highest BCUT2D eigenvalue weighted by molar-refractivity contribution is 7.13. The van der Waals surface area contributed by atoms with Crippen molar-refractivity contribution < 1.29 is 9.53 Å². The molecule has 0 aliphatic carbocycles. The molecule has 0 spiro atoms. The van der Waals surface area contributed by atoms with Crippen molar-refractivity contribution in [2.24, 2.45) is 0 Å². The van der Waals surface area contributed by atoms with Crippen LogP contribution in [0.15, 0.2) is 42.0 Å². The summed E-state index contributed by atoms with van der Waals surface area (Å²) in [5, 5.41) is 11.8. The number of nitrogens with zero attached hydrogens (tertiary/aromatic N) is 3. The molecule has 3 aromatic rings. The van der Waals surface area contributed by atoms with E-state index >= 15 is 0 Å². The Balaban J connectivity index is 1.47. The summed E-state index contributed by atoms with van der Waals surface area (Å²) in [5.41, 5.74) is -0.251. The fourth-order valence-electron chi connectivity index (χ4n) is 3.24. The van der Waals surface area contributed by atoms with Crippen molar-refractivity contribution in [1.82, 2.24) is 19.7 Å². The van der Waals surface area contributed by atoms with E-state index < -0.39 is 0 Å². The van der Waals surface area contributed by atoms with Crippen LogP contribution in [0.2, 0.25) is 0 Å². The molecule has 25 heavy (non-hydrogen) atoms. The van der Waals surface area contributed by atoms with E-state index in [9.17, 15) is 4.79 Å². The zero-order valence-electron chi connectivity index (χ0n) is 13.6. The maximum atomic E-state index is 12.6. The summed E-state index contributed by atoms with van der Waals surface area (Å²) in [5.74, 6) is 0.881. The number of aromatic nitrogens is 4. The van der Waals surface area contributed by atoms with Crippen molar-refractivity contribution in [2.75, 3.05) is 18.5 Å². The Bertz CT molecular complexity index is 819. The molecule has 7 nitrogen and oxygen atoms in total. The minimum absolute atomic E-state index is 0.0904. The zero-order chi connectivity index (χ0) is 17.1. The third-order valence-corrected chi connectivity index (χ3v) is 5.43. The van der Waals surface area contributed by atoms with E-state index in [0.717, 1.165) is 17.7 Å². The van der Waals surface area contributed by atoms with Gasteiger partial charge in [0, 0.05) is 25.6 Å². The molecule has 0 bridgehead atoms. The SMILES string of the molecule is O=C(CC1(n2cccc2)CCOCC1)Nc1n[nH]c(-c2cccs2)n1. The molecule has 1 aliphatic rings. The fraction of sp³-hybridized carbons (Fsp3) is 0.353. The van der Waals surface area contributed by atoms with Crippen molar-refractivity contribution in [3.63, 3.8) is 0 Å². The molecule has 0 radical (unpaired) electrons. The smallest absolute Gasteiger partial charge is 0.249 e. The lowest BCUT2D eigenvalue weighted by Crippen LogP contribution is -2.42. The summed E-state index contributed by atoms with van der Waals surface area (Å²) < 4.78 is 7.62. The number of amides is 1. The molecule has 0 atom stereocenters. The number of rotatable bonds is 5. The van der Waals surface area contributed by atoms with Gasteiger partial charge in [0.2, 0.25) is 11.9 Å². The van der Waals surface area contributed by atoms with Crippen molar-refractivity contribution in [1.29, 1.82) is 0 Å². The summed E-state index contributed by atoms with van der Waals surface area (Å²) in [6.45, 7) is 1.32. The van der Waals surface area contributed by atoms with Crippen LogP contribution in [0.3, 0.4) is 0 Å². The number of hydrogen-bond donors (Lipinski definition) is 2. The first-order valence-corrected chi connectivity index (χ1v) is 9.10. The first-order chi connectivity index (χ1) is 12.3. The van der Waals surface area contributed by atoms with E-state index in [-0.39, 0.29) is 11.4 Å². The number of ether oxygens (including phenoxy) is 1. The summed E-state index contributed by atoms with van der Waals surface area (Å²) in [7, 11) is 0. The third-order valence-electron chi connectivity index (χ3n) is 4.56. The van der Waals surface area contributed by atoms with E-state index in [4.69, 9.17) is 4.74 Å². The molecule has 2 N–H and O–H groups in total. The Labute approximate surface area is 149 Å². The van der Waals surface area contributed by atoms with Crippen LogP contribution in [-0.2, 0) is 15.1 Å². The average molecular weight is 357 g/mol. The second-order valence-corrected chi connectivity index (χ2v) is 7.08. The molecule has 0 saturated carbocycles.